The lowest BCUT2D eigenvalue weighted by Crippen LogP contribution is -2.19. The number of hydrogen-bond acceptors (Lipinski definition) is 2. The van der Waals surface area contributed by atoms with Crippen LogP contribution in [0.1, 0.15) is 31.2 Å². The number of ether oxygens (including phenoxy) is 1. The minimum absolute atomic E-state index is 0.399. The van der Waals surface area contributed by atoms with Crippen molar-refractivity contribution < 1.29 is 9.53 Å². The number of amides is 1. The van der Waals surface area contributed by atoms with Crippen LogP contribution >= 0.6 is 0 Å². The number of nitrogens with zero attached hydrogens (tertiary/aromatic N) is 1. The van der Waals surface area contributed by atoms with Crippen molar-refractivity contribution in [3.63, 3.8) is 0 Å². The molecule has 1 radical (unpaired) electrons. The first-order valence-electron chi connectivity index (χ1n) is 6.73. The van der Waals surface area contributed by atoms with E-state index in [0.29, 0.717) is 13.2 Å². The van der Waals surface area contributed by atoms with Crippen LogP contribution in [0.4, 0.5) is 4.79 Å². The van der Waals surface area contributed by atoms with Gasteiger partial charge in [0.2, 0.25) is 0 Å². The average Bonchev–Trinajstić information content (AvgIpc) is 3.20. The van der Waals surface area contributed by atoms with Crippen molar-refractivity contribution in [2.75, 3.05) is 13.2 Å². The Morgan fingerprint density at radius 3 is 2.78 bits per heavy atom. The maximum atomic E-state index is 11.3. The third-order valence-electron chi connectivity index (χ3n) is 3.15. The molecular weight excluding hydrogens is 226 g/mol. The van der Waals surface area contributed by atoms with Crippen LogP contribution in [0.2, 0.25) is 0 Å². The maximum Gasteiger partial charge on any atom is 0.428 e. The van der Waals surface area contributed by atoms with E-state index in [1.165, 1.54) is 18.4 Å². The Bertz CT molecular complexity index is 360. The Labute approximate surface area is 109 Å². The highest BCUT2D eigenvalue weighted by Crippen LogP contribution is 2.31. The van der Waals surface area contributed by atoms with Gasteiger partial charge < -0.3 is 4.74 Å². The van der Waals surface area contributed by atoms with Gasteiger partial charge in [0.15, 0.2) is 0 Å². The van der Waals surface area contributed by atoms with Crippen LogP contribution in [0.25, 0.3) is 0 Å². The lowest BCUT2D eigenvalue weighted by Gasteiger charge is -2.04. The number of hydrogen-bond donors (Lipinski definition) is 0. The molecule has 1 aromatic rings. The molecule has 0 unspecified atom stereocenters. The van der Waals surface area contributed by atoms with Gasteiger partial charge in [0.25, 0.3) is 0 Å². The zero-order valence-electron chi connectivity index (χ0n) is 10.7. The van der Waals surface area contributed by atoms with Crippen molar-refractivity contribution in [2.24, 2.45) is 5.92 Å². The average molecular weight is 246 g/mol. The fraction of sp³-hybridized carbons (Fsp3) is 0.533. The number of aryl methyl sites for hydroxylation is 1. The van der Waals surface area contributed by atoms with Gasteiger partial charge in [0, 0.05) is 6.54 Å². The van der Waals surface area contributed by atoms with Crippen LogP contribution in [0.5, 0.6) is 0 Å². The molecule has 1 aliphatic rings. The molecule has 0 aromatic heterocycles. The molecule has 3 heteroatoms. The molecule has 18 heavy (non-hydrogen) atoms. The minimum atomic E-state index is -0.399. The van der Waals surface area contributed by atoms with Crippen molar-refractivity contribution in [3.8, 4) is 0 Å². The Morgan fingerprint density at radius 1 is 1.28 bits per heavy atom. The first-order valence-corrected chi connectivity index (χ1v) is 6.73. The molecule has 1 aromatic carbocycles. The van der Waals surface area contributed by atoms with Crippen molar-refractivity contribution >= 4 is 6.09 Å². The molecule has 1 aliphatic carbocycles. The smallest absolute Gasteiger partial charge is 0.428 e. The van der Waals surface area contributed by atoms with Gasteiger partial charge in [-0.2, -0.15) is 0 Å². The van der Waals surface area contributed by atoms with Gasteiger partial charge >= 0.3 is 6.09 Å². The molecule has 0 atom stereocenters. The van der Waals surface area contributed by atoms with Gasteiger partial charge in [-0.3, -0.25) is 0 Å². The second-order valence-corrected chi connectivity index (χ2v) is 4.82. The van der Waals surface area contributed by atoms with Crippen LogP contribution in [-0.2, 0) is 11.2 Å². The zero-order chi connectivity index (χ0) is 12.6. The summed E-state index contributed by atoms with van der Waals surface area (Å²) in [6, 6.07) is 10.2. The number of carbonyl (C=O) groups is 1. The molecule has 0 heterocycles. The summed E-state index contributed by atoms with van der Waals surface area (Å²) < 4.78 is 5.06. The van der Waals surface area contributed by atoms with Crippen LogP contribution in [0, 0.1) is 5.92 Å². The summed E-state index contributed by atoms with van der Waals surface area (Å²) in [4.78, 5) is 11.3. The third-order valence-corrected chi connectivity index (χ3v) is 3.15. The van der Waals surface area contributed by atoms with E-state index in [0.717, 1.165) is 25.2 Å². The summed E-state index contributed by atoms with van der Waals surface area (Å²) in [5, 5.41) is 3.89. The Balaban J connectivity index is 1.48. The van der Waals surface area contributed by atoms with Gasteiger partial charge in [-0.05, 0) is 30.7 Å². The van der Waals surface area contributed by atoms with E-state index in [4.69, 9.17) is 4.74 Å². The summed E-state index contributed by atoms with van der Waals surface area (Å²) >= 11 is 0. The van der Waals surface area contributed by atoms with Crippen LogP contribution in [0.3, 0.4) is 0 Å². The molecular formula is C15H20NO2. The molecule has 0 N–H and O–H groups in total. The van der Waals surface area contributed by atoms with Gasteiger partial charge in [-0.15, -0.1) is 0 Å². The van der Waals surface area contributed by atoms with E-state index in [1.54, 1.807) is 0 Å². The molecule has 0 aliphatic heterocycles. The van der Waals surface area contributed by atoms with Crippen molar-refractivity contribution in [3.05, 3.63) is 35.9 Å². The molecule has 1 saturated carbocycles. The predicted octanol–water partition coefficient (Wildman–Crippen LogP) is 3.16. The maximum absolute atomic E-state index is 11.3. The van der Waals surface area contributed by atoms with Crippen LogP contribution < -0.4 is 5.32 Å². The molecule has 97 valence electrons. The third kappa shape index (κ3) is 5.21. The van der Waals surface area contributed by atoms with Gasteiger partial charge in [0.1, 0.15) is 0 Å². The van der Waals surface area contributed by atoms with E-state index in [-0.39, 0.29) is 0 Å². The fourth-order valence-corrected chi connectivity index (χ4v) is 1.87. The monoisotopic (exact) mass is 246 g/mol. The zero-order valence-corrected chi connectivity index (χ0v) is 10.7. The molecule has 0 saturated heterocycles. The number of carbonyl (C=O) groups excluding carboxylic acids is 1. The quantitative estimate of drug-likeness (QED) is 0.693. The van der Waals surface area contributed by atoms with Crippen LogP contribution in [0.15, 0.2) is 30.3 Å². The van der Waals surface area contributed by atoms with Crippen LogP contribution in [-0.4, -0.2) is 19.2 Å². The minimum Gasteiger partial charge on any atom is -0.448 e. The largest absolute Gasteiger partial charge is 0.448 e. The lowest BCUT2D eigenvalue weighted by atomic mass is 10.1. The van der Waals surface area contributed by atoms with Gasteiger partial charge in [-0.1, -0.05) is 43.2 Å². The van der Waals surface area contributed by atoms with Gasteiger partial charge in [0.05, 0.1) is 6.61 Å². The normalized spacial score (nSPS) is 14.2. The summed E-state index contributed by atoms with van der Waals surface area (Å²) in [7, 11) is 0. The summed E-state index contributed by atoms with van der Waals surface area (Å²) in [6.07, 6.45) is 5.05. The van der Waals surface area contributed by atoms with Crippen molar-refractivity contribution in [2.45, 2.75) is 32.1 Å². The van der Waals surface area contributed by atoms with E-state index in [9.17, 15) is 4.79 Å². The predicted molar refractivity (Wildman–Crippen MR) is 70.5 cm³/mol. The van der Waals surface area contributed by atoms with E-state index < -0.39 is 6.09 Å². The standard InChI is InChI=1S/C15H20NO2/c17-15(16-11-10-14-8-9-14)18-12-4-7-13-5-2-1-3-6-13/h1-3,5-6,14H,4,7-12H2. The number of benzene rings is 1. The summed E-state index contributed by atoms with van der Waals surface area (Å²) in [6.45, 7) is 1.09. The molecule has 2 rings (SSSR count). The Kier molecular flexibility index (Phi) is 5.06. The topological polar surface area (TPSA) is 40.4 Å². The second kappa shape index (κ2) is 7.04. The molecule has 1 fully saturated rings. The van der Waals surface area contributed by atoms with E-state index >= 15 is 0 Å². The molecule has 0 spiro atoms. The fourth-order valence-electron chi connectivity index (χ4n) is 1.87. The number of rotatable bonds is 7. The van der Waals surface area contributed by atoms with Crippen molar-refractivity contribution in [1.82, 2.24) is 5.32 Å². The lowest BCUT2D eigenvalue weighted by molar-refractivity contribution is 0.143. The Morgan fingerprint density at radius 2 is 2.06 bits per heavy atom. The molecule has 0 bridgehead atoms. The second-order valence-electron chi connectivity index (χ2n) is 4.82. The Hall–Kier alpha value is -1.51. The van der Waals surface area contributed by atoms with E-state index in [2.05, 4.69) is 17.4 Å². The van der Waals surface area contributed by atoms with Gasteiger partial charge in [-0.25, -0.2) is 10.1 Å². The SMILES string of the molecule is O=C([N]CCC1CC1)OCCCc1ccccc1. The molecule has 1 amide bonds. The summed E-state index contributed by atoms with van der Waals surface area (Å²) in [5.41, 5.74) is 1.28. The van der Waals surface area contributed by atoms with Crippen molar-refractivity contribution in [1.29, 1.82) is 0 Å². The first-order chi connectivity index (χ1) is 8.84. The first kappa shape index (κ1) is 12.9. The summed E-state index contributed by atoms with van der Waals surface area (Å²) in [5.74, 6) is 0.819. The highest BCUT2D eigenvalue weighted by Gasteiger charge is 2.21. The van der Waals surface area contributed by atoms with E-state index in [1.807, 2.05) is 18.2 Å². The highest BCUT2D eigenvalue weighted by molar-refractivity contribution is 5.66. The highest BCUT2D eigenvalue weighted by atomic mass is 16.5. The molecule has 3 nitrogen and oxygen atoms in total.